The zero-order chi connectivity index (χ0) is 16.2. The SMILES string of the molecule is c1ccc2nc(N3CCC(COc4cnccn4)CC3)cnc2c1. The number of rotatable bonds is 4. The van der Waals surface area contributed by atoms with Crippen LogP contribution in [0.2, 0.25) is 0 Å². The standard InChI is InChI=1S/C18H19N5O/c1-2-4-16-15(3-1)21-11-17(22-16)23-9-5-14(6-10-23)13-24-18-12-19-7-8-20-18/h1-4,7-8,11-12,14H,5-6,9-10,13H2. The van der Waals surface area contributed by atoms with Gasteiger partial charge in [0.15, 0.2) is 0 Å². The van der Waals surface area contributed by atoms with Crippen molar-refractivity contribution >= 4 is 16.9 Å². The molecule has 122 valence electrons. The van der Waals surface area contributed by atoms with Crippen molar-refractivity contribution in [3.63, 3.8) is 0 Å². The van der Waals surface area contributed by atoms with Crippen molar-refractivity contribution in [2.24, 2.45) is 5.92 Å². The smallest absolute Gasteiger partial charge is 0.232 e. The minimum absolute atomic E-state index is 0.539. The van der Waals surface area contributed by atoms with Gasteiger partial charge >= 0.3 is 0 Å². The number of fused-ring (bicyclic) bond motifs is 1. The van der Waals surface area contributed by atoms with Gasteiger partial charge in [0, 0.05) is 25.5 Å². The van der Waals surface area contributed by atoms with E-state index in [4.69, 9.17) is 9.72 Å². The lowest BCUT2D eigenvalue weighted by atomic mass is 9.98. The van der Waals surface area contributed by atoms with Gasteiger partial charge in [-0.2, -0.15) is 0 Å². The van der Waals surface area contributed by atoms with Crippen molar-refractivity contribution < 1.29 is 4.74 Å². The topological polar surface area (TPSA) is 64.0 Å². The van der Waals surface area contributed by atoms with E-state index in [2.05, 4.69) is 19.9 Å². The molecule has 1 aromatic carbocycles. The molecule has 0 radical (unpaired) electrons. The number of anilines is 1. The van der Waals surface area contributed by atoms with Crippen molar-refractivity contribution in [3.8, 4) is 5.88 Å². The van der Waals surface area contributed by atoms with Crippen LogP contribution in [-0.4, -0.2) is 39.6 Å². The van der Waals surface area contributed by atoms with Gasteiger partial charge in [-0.15, -0.1) is 0 Å². The Kier molecular flexibility index (Phi) is 4.18. The van der Waals surface area contributed by atoms with Crippen LogP contribution in [0.25, 0.3) is 11.0 Å². The molecule has 0 aliphatic carbocycles. The molecule has 0 atom stereocenters. The summed E-state index contributed by atoms with van der Waals surface area (Å²) in [4.78, 5) is 19.7. The van der Waals surface area contributed by atoms with Crippen LogP contribution in [0, 0.1) is 5.92 Å². The lowest BCUT2D eigenvalue weighted by molar-refractivity contribution is 0.215. The summed E-state index contributed by atoms with van der Waals surface area (Å²) in [6, 6.07) is 7.98. The molecule has 3 aromatic rings. The number of piperidine rings is 1. The highest BCUT2D eigenvalue weighted by atomic mass is 16.5. The molecule has 1 saturated heterocycles. The largest absolute Gasteiger partial charge is 0.476 e. The fraction of sp³-hybridized carbons (Fsp3) is 0.333. The first-order valence-electron chi connectivity index (χ1n) is 8.24. The van der Waals surface area contributed by atoms with Crippen LogP contribution < -0.4 is 9.64 Å². The van der Waals surface area contributed by atoms with Gasteiger partial charge in [-0.25, -0.2) is 9.97 Å². The first kappa shape index (κ1) is 14.8. The fourth-order valence-corrected chi connectivity index (χ4v) is 2.99. The van der Waals surface area contributed by atoms with E-state index in [0.29, 0.717) is 18.4 Å². The van der Waals surface area contributed by atoms with E-state index in [9.17, 15) is 0 Å². The Labute approximate surface area is 140 Å². The number of para-hydroxylation sites is 2. The second kappa shape index (κ2) is 6.78. The third-order valence-electron chi connectivity index (χ3n) is 4.38. The molecule has 2 aromatic heterocycles. The maximum atomic E-state index is 5.72. The predicted molar refractivity (Wildman–Crippen MR) is 92.0 cm³/mol. The Balaban J connectivity index is 1.35. The normalized spacial score (nSPS) is 15.6. The number of aromatic nitrogens is 4. The summed E-state index contributed by atoms with van der Waals surface area (Å²) in [6.45, 7) is 2.64. The van der Waals surface area contributed by atoms with Crippen LogP contribution in [0.5, 0.6) is 5.88 Å². The summed E-state index contributed by atoms with van der Waals surface area (Å²) in [6.07, 6.45) is 8.98. The Morgan fingerprint density at radius 2 is 1.83 bits per heavy atom. The summed E-state index contributed by atoms with van der Waals surface area (Å²) in [5.41, 5.74) is 1.89. The highest BCUT2D eigenvalue weighted by Crippen LogP contribution is 2.23. The third kappa shape index (κ3) is 3.27. The molecule has 0 N–H and O–H groups in total. The zero-order valence-corrected chi connectivity index (χ0v) is 13.4. The maximum absolute atomic E-state index is 5.72. The summed E-state index contributed by atoms with van der Waals surface area (Å²) in [7, 11) is 0. The van der Waals surface area contributed by atoms with E-state index in [1.54, 1.807) is 18.6 Å². The number of hydrogen-bond acceptors (Lipinski definition) is 6. The van der Waals surface area contributed by atoms with E-state index in [1.807, 2.05) is 30.5 Å². The van der Waals surface area contributed by atoms with Crippen LogP contribution in [-0.2, 0) is 0 Å². The van der Waals surface area contributed by atoms with Crippen LogP contribution in [0.3, 0.4) is 0 Å². The molecule has 1 aliphatic rings. The van der Waals surface area contributed by atoms with Crippen molar-refractivity contribution in [2.75, 3.05) is 24.6 Å². The molecule has 6 heteroatoms. The maximum Gasteiger partial charge on any atom is 0.232 e. The zero-order valence-electron chi connectivity index (χ0n) is 13.4. The Bertz CT molecular complexity index is 803. The van der Waals surface area contributed by atoms with E-state index < -0.39 is 0 Å². The van der Waals surface area contributed by atoms with Gasteiger partial charge in [-0.05, 0) is 30.9 Å². The highest BCUT2D eigenvalue weighted by Gasteiger charge is 2.21. The van der Waals surface area contributed by atoms with E-state index in [1.165, 1.54) is 0 Å². The average Bonchev–Trinajstić information content (AvgIpc) is 2.67. The average molecular weight is 321 g/mol. The van der Waals surface area contributed by atoms with Gasteiger partial charge in [0.25, 0.3) is 0 Å². The summed E-state index contributed by atoms with van der Waals surface area (Å²) < 4.78 is 5.72. The summed E-state index contributed by atoms with van der Waals surface area (Å²) >= 11 is 0. The van der Waals surface area contributed by atoms with Crippen LogP contribution >= 0.6 is 0 Å². The Hall–Kier alpha value is -2.76. The first-order chi connectivity index (χ1) is 11.9. The van der Waals surface area contributed by atoms with Crippen molar-refractivity contribution in [1.82, 2.24) is 19.9 Å². The lowest BCUT2D eigenvalue weighted by Gasteiger charge is -2.32. The molecule has 3 heterocycles. The van der Waals surface area contributed by atoms with Gasteiger partial charge in [-0.1, -0.05) is 12.1 Å². The van der Waals surface area contributed by atoms with E-state index in [-0.39, 0.29) is 0 Å². The Morgan fingerprint density at radius 3 is 2.62 bits per heavy atom. The summed E-state index contributed by atoms with van der Waals surface area (Å²) in [5.74, 6) is 2.10. The van der Waals surface area contributed by atoms with Crippen molar-refractivity contribution in [2.45, 2.75) is 12.8 Å². The number of nitrogens with zero attached hydrogens (tertiary/aromatic N) is 5. The lowest BCUT2D eigenvalue weighted by Crippen LogP contribution is -2.36. The van der Waals surface area contributed by atoms with Crippen LogP contribution in [0.1, 0.15) is 12.8 Å². The van der Waals surface area contributed by atoms with E-state index >= 15 is 0 Å². The van der Waals surface area contributed by atoms with Gasteiger partial charge in [-0.3, -0.25) is 9.97 Å². The van der Waals surface area contributed by atoms with Gasteiger partial charge < -0.3 is 9.64 Å². The molecule has 24 heavy (non-hydrogen) atoms. The monoisotopic (exact) mass is 321 g/mol. The molecule has 1 aliphatic heterocycles. The molecular formula is C18H19N5O. The number of ether oxygens (including phenoxy) is 1. The second-order valence-electron chi connectivity index (χ2n) is 6.00. The van der Waals surface area contributed by atoms with Gasteiger partial charge in [0.2, 0.25) is 5.88 Å². The molecule has 0 saturated carbocycles. The molecular weight excluding hydrogens is 302 g/mol. The predicted octanol–water partition coefficient (Wildman–Crippen LogP) is 2.72. The molecule has 0 amide bonds. The van der Waals surface area contributed by atoms with Crippen molar-refractivity contribution in [3.05, 3.63) is 49.1 Å². The van der Waals surface area contributed by atoms with E-state index in [0.717, 1.165) is 42.8 Å². The molecule has 1 fully saturated rings. The molecule has 0 unspecified atom stereocenters. The quantitative estimate of drug-likeness (QED) is 0.736. The highest BCUT2D eigenvalue weighted by molar-refractivity contribution is 5.75. The van der Waals surface area contributed by atoms with Gasteiger partial charge in [0.05, 0.1) is 30.0 Å². The first-order valence-corrected chi connectivity index (χ1v) is 8.24. The third-order valence-corrected chi connectivity index (χ3v) is 4.38. The summed E-state index contributed by atoms with van der Waals surface area (Å²) in [5, 5.41) is 0. The fourth-order valence-electron chi connectivity index (χ4n) is 2.99. The molecule has 6 nitrogen and oxygen atoms in total. The number of benzene rings is 1. The van der Waals surface area contributed by atoms with Crippen LogP contribution in [0.15, 0.2) is 49.1 Å². The molecule has 0 spiro atoms. The number of hydrogen-bond donors (Lipinski definition) is 0. The molecule has 4 rings (SSSR count). The van der Waals surface area contributed by atoms with Crippen LogP contribution in [0.4, 0.5) is 5.82 Å². The van der Waals surface area contributed by atoms with Crippen molar-refractivity contribution in [1.29, 1.82) is 0 Å². The minimum atomic E-state index is 0.539. The minimum Gasteiger partial charge on any atom is -0.476 e. The molecule has 0 bridgehead atoms. The Morgan fingerprint density at radius 1 is 1.00 bits per heavy atom. The van der Waals surface area contributed by atoms with Gasteiger partial charge in [0.1, 0.15) is 5.82 Å². The second-order valence-corrected chi connectivity index (χ2v) is 6.00.